The van der Waals surface area contributed by atoms with Crippen molar-refractivity contribution < 1.29 is 18.7 Å². The minimum atomic E-state index is -0.841. The average molecular weight is 336 g/mol. The van der Waals surface area contributed by atoms with Crippen molar-refractivity contribution >= 4 is 34.4 Å². The van der Waals surface area contributed by atoms with Crippen LogP contribution in [0.4, 0.5) is 0 Å². The van der Waals surface area contributed by atoms with Gasteiger partial charge in [-0.3, -0.25) is 9.59 Å². The highest BCUT2D eigenvalue weighted by Gasteiger charge is 2.21. The second-order valence-corrected chi connectivity index (χ2v) is 5.72. The van der Waals surface area contributed by atoms with E-state index >= 15 is 0 Å². The van der Waals surface area contributed by atoms with E-state index in [1.165, 1.54) is 12.1 Å². The number of likely N-dealkylation sites (tertiary alicyclic amines) is 1. The van der Waals surface area contributed by atoms with Crippen LogP contribution in [-0.4, -0.2) is 36.5 Å². The maximum atomic E-state index is 12.0. The molecule has 3 rings (SSSR count). The third kappa shape index (κ3) is 3.37. The summed E-state index contributed by atoms with van der Waals surface area (Å²) in [6.07, 6.45) is 1.92. The first-order valence-corrected chi connectivity index (χ1v) is 7.61. The van der Waals surface area contributed by atoms with Crippen LogP contribution in [0.15, 0.2) is 33.5 Å². The molecular weight excluding hydrogens is 322 g/mol. The topological polar surface area (TPSA) is 76.8 Å². The Morgan fingerprint density at radius 2 is 1.96 bits per heavy atom. The summed E-state index contributed by atoms with van der Waals surface area (Å²) in [5.74, 6) is -1.32. The number of carbonyl (C=O) groups is 2. The van der Waals surface area contributed by atoms with Gasteiger partial charge < -0.3 is 14.1 Å². The van der Waals surface area contributed by atoms with Crippen LogP contribution in [0.25, 0.3) is 11.0 Å². The van der Waals surface area contributed by atoms with Crippen LogP contribution >= 0.6 is 11.6 Å². The van der Waals surface area contributed by atoms with Gasteiger partial charge in [-0.05, 0) is 31.0 Å². The van der Waals surface area contributed by atoms with Gasteiger partial charge in [0.25, 0.3) is 5.91 Å². The molecule has 6 nitrogen and oxygen atoms in total. The van der Waals surface area contributed by atoms with Crippen molar-refractivity contribution in [1.29, 1.82) is 0 Å². The molecule has 2 aromatic rings. The van der Waals surface area contributed by atoms with Gasteiger partial charge in [0.05, 0.1) is 5.39 Å². The van der Waals surface area contributed by atoms with Gasteiger partial charge in [0.2, 0.25) is 5.76 Å². The lowest BCUT2D eigenvalue weighted by atomic mass is 10.2. The van der Waals surface area contributed by atoms with E-state index in [-0.39, 0.29) is 29.2 Å². The van der Waals surface area contributed by atoms with Gasteiger partial charge in [-0.2, -0.15) is 0 Å². The highest BCUT2D eigenvalue weighted by atomic mass is 35.5. The number of fused-ring (bicyclic) bond motifs is 1. The van der Waals surface area contributed by atoms with E-state index in [0.29, 0.717) is 18.1 Å². The van der Waals surface area contributed by atoms with E-state index in [2.05, 4.69) is 0 Å². The van der Waals surface area contributed by atoms with Gasteiger partial charge in [-0.1, -0.05) is 11.6 Å². The zero-order chi connectivity index (χ0) is 16.4. The van der Waals surface area contributed by atoms with E-state index in [9.17, 15) is 14.4 Å². The fourth-order valence-corrected chi connectivity index (χ4v) is 2.66. The molecule has 0 unspecified atom stereocenters. The second-order valence-electron chi connectivity index (χ2n) is 5.28. The molecule has 1 aliphatic rings. The molecule has 1 saturated heterocycles. The first-order valence-electron chi connectivity index (χ1n) is 7.23. The Morgan fingerprint density at radius 3 is 2.70 bits per heavy atom. The predicted molar refractivity (Wildman–Crippen MR) is 83.6 cm³/mol. The van der Waals surface area contributed by atoms with Crippen molar-refractivity contribution in [2.45, 2.75) is 12.8 Å². The minimum absolute atomic E-state index is 0.236. The molecule has 0 N–H and O–H groups in total. The van der Waals surface area contributed by atoms with Crippen molar-refractivity contribution in [2.75, 3.05) is 19.7 Å². The molecule has 7 heteroatoms. The largest absolute Gasteiger partial charge is 0.450 e. The van der Waals surface area contributed by atoms with Crippen LogP contribution < -0.4 is 5.43 Å². The molecule has 1 fully saturated rings. The van der Waals surface area contributed by atoms with Crippen LogP contribution in [0.3, 0.4) is 0 Å². The maximum Gasteiger partial charge on any atom is 0.374 e. The van der Waals surface area contributed by atoms with Crippen LogP contribution in [0.2, 0.25) is 5.02 Å². The molecule has 0 atom stereocenters. The molecule has 0 saturated carbocycles. The Bertz CT molecular complexity index is 823. The Kier molecular flexibility index (Phi) is 4.34. The third-order valence-corrected chi connectivity index (χ3v) is 3.91. The van der Waals surface area contributed by atoms with Crippen LogP contribution in [0.5, 0.6) is 0 Å². The van der Waals surface area contributed by atoms with Crippen molar-refractivity contribution in [3.63, 3.8) is 0 Å². The standard InChI is InChI=1S/C16H14ClNO5/c17-10-3-4-13-11(7-10)12(19)8-14(23-13)16(21)22-9-15(20)18-5-1-2-6-18/h3-4,7-8H,1-2,5-6,9H2. The highest BCUT2D eigenvalue weighted by Crippen LogP contribution is 2.18. The number of esters is 1. The number of nitrogens with zero attached hydrogens (tertiary/aromatic N) is 1. The lowest BCUT2D eigenvalue weighted by Crippen LogP contribution is -2.32. The molecule has 1 aliphatic heterocycles. The number of amides is 1. The number of rotatable bonds is 3. The predicted octanol–water partition coefficient (Wildman–Crippen LogP) is 2.23. The van der Waals surface area contributed by atoms with Crippen LogP contribution in [-0.2, 0) is 9.53 Å². The van der Waals surface area contributed by atoms with E-state index in [1.54, 1.807) is 11.0 Å². The van der Waals surface area contributed by atoms with Crippen molar-refractivity contribution in [3.8, 4) is 0 Å². The van der Waals surface area contributed by atoms with E-state index in [1.807, 2.05) is 0 Å². The molecular formula is C16H14ClNO5. The summed E-state index contributed by atoms with van der Waals surface area (Å²) in [4.78, 5) is 37.5. The monoisotopic (exact) mass is 335 g/mol. The van der Waals surface area contributed by atoms with E-state index in [0.717, 1.165) is 18.9 Å². The fourth-order valence-electron chi connectivity index (χ4n) is 2.49. The normalized spacial score (nSPS) is 14.2. The van der Waals surface area contributed by atoms with Crippen LogP contribution in [0.1, 0.15) is 23.4 Å². The summed E-state index contributed by atoms with van der Waals surface area (Å²) in [6.45, 7) is 1.01. The zero-order valence-electron chi connectivity index (χ0n) is 12.2. The molecule has 1 aromatic heterocycles. The highest BCUT2D eigenvalue weighted by molar-refractivity contribution is 6.31. The molecule has 0 radical (unpaired) electrons. The maximum absolute atomic E-state index is 12.0. The van der Waals surface area contributed by atoms with Gasteiger partial charge in [-0.15, -0.1) is 0 Å². The fraction of sp³-hybridized carbons (Fsp3) is 0.312. The van der Waals surface area contributed by atoms with Crippen molar-refractivity contribution in [2.24, 2.45) is 0 Å². The zero-order valence-corrected chi connectivity index (χ0v) is 13.0. The minimum Gasteiger partial charge on any atom is -0.450 e. The molecule has 0 aliphatic carbocycles. The summed E-state index contributed by atoms with van der Waals surface area (Å²) < 4.78 is 10.3. The average Bonchev–Trinajstić information content (AvgIpc) is 3.07. The first-order chi connectivity index (χ1) is 11.0. The second kappa shape index (κ2) is 6.42. The Labute approximate surface area is 136 Å². The smallest absolute Gasteiger partial charge is 0.374 e. The Morgan fingerprint density at radius 1 is 1.22 bits per heavy atom. The summed E-state index contributed by atoms with van der Waals surface area (Å²) >= 11 is 5.83. The molecule has 1 aromatic carbocycles. The number of hydrogen-bond acceptors (Lipinski definition) is 5. The van der Waals surface area contributed by atoms with Gasteiger partial charge >= 0.3 is 5.97 Å². The molecule has 0 spiro atoms. The van der Waals surface area contributed by atoms with Gasteiger partial charge in [0.15, 0.2) is 12.0 Å². The molecule has 2 heterocycles. The summed E-state index contributed by atoms with van der Waals surface area (Å²) in [7, 11) is 0. The summed E-state index contributed by atoms with van der Waals surface area (Å²) in [5, 5.41) is 0.679. The number of benzene rings is 1. The Balaban J connectivity index is 1.74. The number of carbonyl (C=O) groups excluding carboxylic acids is 2. The number of hydrogen-bond donors (Lipinski definition) is 0. The van der Waals surface area contributed by atoms with Gasteiger partial charge in [0.1, 0.15) is 5.58 Å². The number of ether oxygens (including phenoxy) is 1. The lowest BCUT2D eigenvalue weighted by molar-refractivity contribution is -0.133. The summed E-state index contributed by atoms with van der Waals surface area (Å²) in [6, 6.07) is 5.57. The molecule has 23 heavy (non-hydrogen) atoms. The lowest BCUT2D eigenvalue weighted by Gasteiger charge is -2.14. The van der Waals surface area contributed by atoms with Gasteiger partial charge in [-0.25, -0.2) is 4.79 Å². The summed E-state index contributed by atoms with van der Waals surface area (Å²) in [5.41, 5.74) is -0.161. The van der Waals surface area contributed by atoms with E-state index in [4.69, 9.17) is 20.8 Å². The molecule has 0 bridgehead atoms. The van der Waals surface area contributed by atoms with Crippen LogP contribution in [0, 0.1) is 0 Å². The SMILES string of the molecule is O=C(OCC(=O)N1CCCC1)c1cc(=O)c2cc(Cl)ccc2o1. The number of halogens is 1. The molecule has 1 amide bonds. The Hall–Kier alpha value is -2.34. The van der Waals surface area contributed by atoms with Crippen molar-refractivity contribution in [3.05, 3.63) is 45.3 Å². The first kappa shape index (κ1) is 15.6. The third-order valence-electron chi connectivity index (χ3n) is 3.68. The van der Waals surface area contributed by atoms with E-state index < -0.39 is 11.4 Å². The van der Waals surface area contributed by atoms with Gasteiger partial charge in [0, 0.05) is 24.2 Å². The van der Waals surface area contributed by atoms with Crippen molar-refractivity contribution in [1.82, 2.24) is 4.90 Å². The quantitative estimate of drug-likeness (QED) is 0.804. The molecule has 120 valence electrons.